The van der Waals surface area contributed by atoms with Crippen molar-refractivity contribution >= 4 is 6.09 Å². The monoisotopic (exact) mass is 298 g/mol. The Balaban J connectivity index is 2.49. The van der Waals surface area contributed by atoms with Gasteiger partial charge in [-0.1, -0.05) is 26.7 Å². The van der Waals surface area contributed by atoms with E-state index in [1.807, 2.05) is 20.8 Å². The van der Waals surface area contributed by atoms with Crippen molar-refractivity contribution in [1.82, 2.24) is 10.6 Å². The van der Waals surface area contributed by atoms with E-state index in [1.54, 1.807) is 0 Å². The highest BCUT2D eigenvalue weighted by molar-refractivity contribution is 5.67. The highest BCUT2D eigenvalue weighted by Gasteiger charge is 2.26. The van der Waals surface area contributed by atoms with Gasteiger partial charge in [-0.3, -0.25) is 0 Å². The van der Waals surface area contributed by atoms with E-state index in [0.717, 1.165) is 13.0 Å². The first-order valence-electron chi connectivity index (χ1n) is 8.52. The van der Waals surface area contributed by atoms with Crippen LogP contribution in [0, 0.1) is 11.8 Å². The predicted molar refractivity (Wildman–Crippen MR) is 87.4 cm³/mol. The van der Waals surface area contributed by atoms with Crippen LogP contribution in [0.4, 0.5) is 4.79 Å². The molecule has 1 saturated heterocycles. The number of carbonyl (C=O) groups excluding carboxylic acids is 1. The van der Waals surface area contributed by atoms with Gasteiger partial charge in [0, 0.05) is 12.6 Å². The summed E-state index contributed by atoms with van der Waals surface area (Å²) < 4.78 is 5.34. The molecule has 0 radical (unpaired) electrons. The predicted octanol–water partition coefficient (Wildman–Crippen LogP) is 3.71. The van der Waals surface area contributed by atoms with Gasteiger partial charge in [0.25, 0.3) is 0 Å². The Kier molecular flexibility index (Phi) is 7.50. The lowest BCUT2D eigenvalue weighted by Gasteiger charge is -2.33. The van der Waals surface area contributed by atoms with Crippen molar-refractivity contribution in [2.24, 2.45) is 11.8 Å². The summed E-state index contributed by atoms with van der Waals surface area (Å²) in [4.78, 5) is 11.8. The molecule has 0 unspecified atom stereocenters. The number of carbonyl (C=O) groups is 1. The molecule has 21 heavy (non-hydrogen) atoms. The van der Waals surface area contributed by atoms with Crippen molar-refractivity contribution in [3.05, 3.63) is 0 Å². The van der Waals surface area contributed by atoms with Crippen molar-refractivity contribution in [3.63, 3.8) is 0 Å². The summed E-state index contributed by atoms with van der Waals surface area (Å²) in [5.41, 5.74) is -0.431. The zero-order chi connectivity index (χ0) is 15.9. The second-order valence-corrected chi connectivity index (χ2v) is 7.45. The van der Waals surface area contributed by atoms with E-state index >= 15 is 0 Å². The standard InChI is InChI=1S/C17H34N2O2/c1-6-13(2)11-14(15-9-7-8-10-18-15)12-19-16(20)21-17(3,4)5/h13-15,18H,6-12H2,1-5H3,(H,19,20)/t13-,14-,15+/m1/s1. The third-order valence-electron chi connectivity index (χ3n) is 4.23. The Morgan fingerprint density at radius 1 is 1.38 bits per heavy atom. The second kappa shape index (κ2) is 8.62. The summed E-state index contributed by atoms with van der Waals surface area (Å²) in [6.07, 6.45) is 5.83. The largest absolute Gasteiger partial charge is 0.444 e. The molecule has 0 aromatic rings. The van der Waals surface area contributed by atoms with Crippen LogP contribution in [0.25, 0.3) is 0 Å². The number of hydrogen-bond acceptors (Lipinski definition) is 3. The van der Waals surface area contributed by atoms with Crippen molar-refractivity contribution in [3.8, 4) is 0 Å². The van der Waals surface area contributed by atoms with E-state index in [2.05, 4.69) is 24.5 Å². The van der Waals surface area contributed by atoms with E-state index in [1.165, 1.54) is 25.7 Å². The van der Waals surface area contributed by atoms with E-state index in [-0.39, 0.29) is 6.09 Å². The van der Waals surface area contributed by atoms with E-state index in [9.17, 15) is 4.79 Å². The molecule has 0 bridgehead atoms. The van der Waals surface area contributed by atoms with Gasteiger partial charge < -0.3 is 15.4 Å². The van der Waals surface area contributed by atoms with Crippen LogP contribution in [0.5, 0.6) is 0 Å². The molecule has 0 aliphatic carbocycles. The van der Waals surface area contributed by atoms with Gasteiger partial charge >= 0.3 is 6.09 Å². The molecule has 1 aliphatic heterocycles. The summed E-state index contributed by atoms with van der Waals surface area (Å²) in [5, 5.41) is 6.59. The van der Waals surface area contributed by atoms with Gasteiger partial charge in [0.2, 0.25) is 0 Å². The first-order chi connectivity index (χ1) is 9.81. The van der Waals surface area contributed by atoms with Crippen molar-refractivity contribution < 1.29 is 9.53 Å². The number of alkyl carbamates (subject to hydrolysis) is 1. The van der Waals surface area contributed by atoms with Crippen molar-refractivity contribution in [2.75, 3.05) is 13.1 Å². The summed E-state index contributed by atoms with van der Waals surface area (Å²) in [6, 6.07) is 0.530. The average molecular weight is 298 g/mol. The summed E-state index contributed by atoms with van der Waals surface area (Å²) in [5.74, 6) is 1.19. The molecule has 3 atom stereocenters. The molecule has 0 aromatic carbocycles. The number of nitrogens with one attached hydrogen (secondary N) is 2. The van der Waals surface area contributed by atoms with Crippen LogP contribution >= 0.6 is 0 Å². The smallest absolute Gasteiger partial charge is 0.407 e. The summed E-state index contributed by atoms with van der Waals surface area (Å²) >= 11 is 0. The SMILES string of the molecule is CC[C@@H](C)C[C@H](CNC(=O)OC(C)(C)C)[C@@H]1CCCCN1. The van der Waals surface area contributed by atoms with Crippen LogP contribution in [0.3, 0.4) is 0 Å². The minimum absolute atomic E-state index is 0.299. The number of amides is 1. The zero-order valence-electron chi connectivity index (χ0n) is 14.5. The van der Waals surface area contributed by atoms with Crippen LogP contribution < -0.4 is 10.6 Å². The number of hydrogen-bond donors (Lipinski definition) is 2. The summed E-state index contributed by atoms with van der Waals surface area (Å²) in [6.45, 7) is 12.0. The first-order valence-corrected chi connectivity index (χ1v) is 8.52. The third-order valence-corrected chi connectivity index (χ3v) is 4.23. The minimum Gasteiger partial charge on any atom is -0.444 e. The Labute approximate surface area is 130 Å². The van der Waals surface area contributed by atoms with Crippen LogP contribution in [-0.4, -0.2) is 30.8 Å². The maximum Gasteiger partial charge on any atom is 0.407 e. The summed E-state index contributed by atoms with van der Waals surface area (Å²) in [7, 11) is 0. The van der Waals surface area contributed by atoms with Crippen molar-refractivity contribution in [2.45, 2.75) is 78.4 Å². The van der Waals surface area contributed by atoms with E-state index < -0.39 is 5.60 Å². The lowest BCUT2D eigenvalue weighted by atomic mass is 9.84. The van der Waals surface area contributed by atoms with Crippen molar-refractivity contribution in [1.29, 1.82) is 0 Å². The number of rotatable bonds is 6. The van der Waals surface area contributed by atoms with E-state index in [4.69, 9.17) is 4.74 Å². The van der Waals surface area contributed by atoms with Crippen LogP contribution in [0.1, 0.15) is 66.7 Å². The zero-order valence-corrected chi connectivity index (χ0v) is 14.5. The highest BCUT2D eigenvalue weighted by atomic mass is 16.6. The number of piperidine rings is 1. The molecule has 1 amide bonds. The molecule has 1 rings (SSSR count). The molecule has 0 saturated carbocycles. The fraction of sp³-hybridized carbons (Fsp3) is 0.941. The second-order valence-electron chi connectivity index (χ2n) is 7.45. The Morgan fingerprint density at radius 3 is 2.62 bits per heavy atom. The van der Waals surface area contributed by atoms with Gasteiger partial charge in [-0.25, -0.2) is 4.79 Å². The molecule has 1 heterocycles. The molecule has 0 spiro atoms. The Morgan fingerprint density at radius 2 is 2.10 bits per heavy atom. The average Bonchev–Trinajstić information content (AvgIpc) is 2.42. The van der Waals surface area contributed by atoms with Gasteiger partial charge in [-0.2, -0.15) is 0 Å². The van der Waals surface area contributed by atoms with Crippen LogP contribution in [-0.2, 0) is 4.74 Å². The fourth-order valence-electron chi connectivity index (χ4n) is 2.88. The van der Waals surface area contributed by atoms with Gasteiger partial charge in [0.1, 0.15) is 5.60 Å². The van der Waals surface area contributed by atoms with Crippen LogP contribution in [0.2, 0.25) is 0 Å². The molecule has 4 heteroatoms. The Hall–Kier alpha value is -0.770. The van der Waals surface area contributed by atoms with Gasteiger partial charge in [-0.05, 0) is 58.4 Å². The van der Waals surface area contributed by atoms with Crippen LogP contribution in [0.15, 0.2) is 0 Å². The molecule has 2 N–H and O–H groups in total. The van der Waals surface area contributed by atoms with Gasteiger partial charge in [-0.15, -0.1) is 0 Å². The first kappa shape index (κ1) is 18.3. The lowest BCUT2D eigenvalue weighted by molar-refractivity contribution is 0.0510. The fourth-order valence-corrected chi connectivity index (χ4v) is 2.88. The molecule has 1 aliphatic rings. The maximum atomic E-state index is 11.8. The molecular formula is C17H34N2O2. The number of ether oxygens (including phenoxy) is 1. The van der Waals surface area contributed by atoms with E-state index in [0.29, 0.717) is 24.4 Å². The molecular weight excluding hydrogens is 264 g/mol. The quantitative estimate of drug-likeness (QED) is 0.786. The minimum atomic E-state index is -0.431. The molecule has 4 nitrogen and oxygen atoms in total. The lowest BCUT2D eigenvalue weighted by Crippen LogP contribution is -2.46. The normalized spacial score (nSPS) is 22.4. The molecule has 124 valence electrons. The maximum absolute atomic E-state index is 11.8. The topological polar surface area (TPSA) is 50.4 Å². The third kappa shape index (κ3) is 7.70. The van der Waals surface area contributed by atoms with Gasteiger partial charge in [0.05, 0.1) is 0 Å². The highest BCUT2D eigenvalue weighted by Crippen LogP contribution is 2.23. The molecule has 0 aromatic heterocycles. The van der Waals surface area contributed by atoms with Gasteiger partial charge in [0.15, 0.2) is 0 Å². The molecule has 1 fully saturated rings. The Bertz CT molecular complexity index is 306.